The van der Waals surface area contributed by atoms with Gasteiger partial charge in [0.05, 0.1) is 5.70 Å². The number of benzene rings is 2. The Morgan fingerprint density at radius 2 is 1.45 bits per heavy atom. The zero-order chi connectivity index (χ0) is 15.9. The number of allylic oxidation sites excluding steroid dienone is 2. The molecule has 3 rings (SSSR count). The number of ketones is 2. The maximum Gasteiger partial charge on any atom is 0.210 e. The molecule has 22 heavy (non-hydrogen) atoms. The second kappa shape index (κ2) is 5.26. The fourth-order valence-corrected chi connectivity index (χ4v) is 2.92. The fraction of sp³-hybridized carbons (Fsp3) is 0.158. The van der Waals surface area contributed by atoms with Gasteiger partial charge in [-0.15, -0.1) is 0 Å². The van der Waals surface area contributed by atoms with Crippen LogP contribution in [0.25, 0.3) is 0 Å². The topological polar surface area (TPSA) is 46.2 Å². The van der Waals surface area contributed by atoms with Crippen LogP contribution in [0, 0.1) is 20.8 Å². The summed E-state index contributed by atoms with van der Waals surface area (Å²) < 4.78 is 0. The third-order valence-corrected chi connectivity index (χ3v) is 3.89. The molecule has 0 saturated carbocycles. The number of fused-ring (bicyclic) bond motifs is 1. The van der Waals surface area contributed by atoms with E-state index in [1.165, 1.54) is 11.6 Å². The van der Waals surface area contributed by atoms with Gasteiger partial charge in [-0.2, -0.15) is 0 Å². The molecular formula is C19H17NO2. The normalized spacial score (nSPS) is 13.7. The van der Waals surface area contributed by atoms with Crippen LogP contribution in [0.15, 0.2) is 48.2 Å². The van der Waals surface area contributed by atoms with Crippen LogP contribution in [0.1, 0.15) is 37.4 Å². The summed E-state index contributed by atoms with van der Waals surface area (Å²) in [5.74, 6) is -0.283. The van der Waals surface area contributed by atoms with E-state index >= 15 is 0 Å². The number of carbonyl (C=O) groups is 2. The molecule has 110 valence electrons. The Labute approximate surface area is 129 Å². The number of nitrogens with one attached hydrogen (secondary N) is 1. The molecule has 3 nitrogen and oxygen atoms in total. The van der Waals surface area contributed by atoms with E-state index in [1.54, 1.807) is 24.3 Å². The first-order chi connectivity index (χ1) is 10.5. The monoisotopic (exact) mass is 291 g/mol. The van der Waals surface area contributed by atoms with Crippen molar-refractivity contribution in [2.45, 2.75) is 20.8 Å². The van der Waals surface area contributed by atoms with Crippen molar-refractivity contribution in [3.05, 3.63) is 76.0 Å². The molecule has 0 radical (unpaired) electrons. The second-order valence-electron chi connectivity index (χ2n) is 5.70. The minimum atomic E-state index is -0.144. The first-order valence-electron chi connectivity index (χ1n) is 7.22. The molecule has 1 aliphatic carbocycles. The molecule has 0 heterocycles. The Kier molecular flexibility index (Phi) is 3.41. The van der Waals surface area contributed by atoms with E-state index in [2.05, 4.69) is 17.4 Å². The van der Waals surface area contributed by atoms with Gasteiger partial charge < -0.3 is 5.32 Å². The van der Waals surface area contributed by atoms with Crippen molar-refractivity contribution in [2.24, 2.45) is 0 Å². The number of hydrogen-bond donors (Lipinski definition) is 1. The van der Waals surface area contributed by atoms with Crippen LogP contribution < -0.4 is 5.32 Å². The van der Waals surface area contributed by atoms with Gasteiger partial charge in [-0.05, 0) is 31.9 Å². The lowest BCUT2D eigenvalue weighted by molar-refractivity contribution is 0.0985. The van der Waals surface area contributed by atoms with Crippen molar-refractivity contribution in [1.29, 1.82) is 0 Å². The fourth-order valence-electron chi connectivity index (χ4n) is 2.92. The quantitative estimate of drug-likeness (QED) is 0.910. The SMILES string of the molecule is Cc1cc(C)c(NC2=CC(=O)c3ccccc3C2=O)c(C)c1. The smallest absolute Gasteiger partial charge is 0.210 e. The lowest BCUT2D eigenvalue weighted by atomic mass is 9.92. The molecule has 1 aliphatic rings. The average molecular weight is 291 g/mol. The number of rotatable bonds is 2. The molecule has 1 N–H and O–H groups in total. The molecule has 2 aromatic carbocycles. The highest BCUT2D eigenvalue weighted by atomic mass is 16.1. The molecule has 0 saturated heterocycles. The van der Waals surface area contributed by atoms with Crippen molar-refractivity contribution in [3.63, 3.8) is 0 Å². The summed E-state index contributed by atoms with van der Waals surface area (Å²) in [6, 6.07) is 11.0. The largest absolute Gasteiger partial charge is 0.352 e. The summed E-state index contributed by atoms with van der Waals surface area (Å²) >= 11 is 0. The predicted octanol–water partition coefficient (Wildman–Crippen LogP) is 3.99. The number of anilines is 1. The van der Waals surface area contributed by atoms with Gasteiger partial charge >= 0.3 is 0 Å². The zero-order valence-electron chi connectivity index (χ0n) is 12.9. The second-order valence-corrected chi connectivity index (χ2v) is 5.70. The van der Waals surface area contributed by atoms with E-state index in [0.29, 0.717) is 16.8 Å². The van der Waals surface area contributed by atoms with E-state index in [0.717, 1.165) is 16.8 Å². The summed E-state index contributed by atoms with van der Waals surface area (Å²) in [5, 5.41) is 3.16. The summed E-state index contributed by atoms with van der Waals surface area (Å²) in [6.45, 7) is 6.02. The van der Waals surface area contributed by atoms with Crippen LogP contribution in [-0.4, -0.2) is 11.6 Å². The van der Waals surface area contributed by atoms with Gasteiger partial charge in [-0.25, -0.2) is 0 Å². The van der Waals surface area contributed by atoms with Crippen LogP contribution in [-0.2, 0) is 0 Å². The Morgan fingerprint density at radius 1 is 0.864 bits per heavy atom. The third-order valence-electron chi connectivity index (χ3n) is 3.89. The van der Waals surface area contributed by atoms with Crippen molar-refractivity contribution in [3.8, 4) is 0 Å². The van der Waals surface area contributed by atoms with Crippen molar-refractivity contribution in [1.82, 2.24) is 0 Å². The first-order valence-corrected chi connectivity index (χ1v) is 7.22. The van der Waals surface area contributed by atoms with Crippen LogP contribution in [0.3, 0.4) is 0 Å². The van der Waals surface area contributed by atoms with Gasteiger partial charge in [0.15, 0.2) is 5.78 Å². The Bertz CT molecular complexity index is 808. The van der Waals surface area contributed by atoms with E-state index in [1.807, 2.05) is 20.8 Å². The van der Waals surface area contributed by atoms with E-state index in [4.69, 9.17) is 0 Å². The summed E-state index contributed by atoms with van der Waals surface area (Å²) in [5.41, 5.74) is 5.42. The number of aryl methyl sites for hydroxylation is 3. The van der Waals surface area contributed by atoms with Gasteiger partial charge in [0.1, 0.15) is 0 Å². The summed E-state index contributed by atoms with van der Waals surface area (Å²) in [7, 11) is 0. The van der Waals surface area contributed by atoms with Crippen LogP contribution in [0.5, 0.6) is 0 Å². The molecule has 0 fully saturated rings. The molecule has 0 bridgehead atoms. The molecule has 2 aromatic rings. The molecule has 0 spiro atoms. The van der Waals surface area contributed by atoms with Crippen molar-refractivity contribution < 1.29 is 9.59 Å². The van der Waals surface area contributed by atoms with E-state index in [-0.39, 0.29) is 11.6 Å². The highest BCUT2D eigenvalue weighted by Gasteiger charge is 2.25. The van der Waals surface area contributed by atoms with Crippen molar-refractivity contribution in [2.75, 3.05) is 5.32 Å². The van der Waals surface area contributed by atoms with Crippen LogP contribution in [0.4, 0.5) is 5.69 Å². The zero-order valence-corrected chi connectivity index (χ0v) is 12.9. The Hall–Kier alpha value is -2.68. The molecule has 0 aliphatic heterocycles. The number of Topliss-reactive ketones (excluding diaryl/α,β-unsaturated/α-hetero) is 1. The molecule has 0 aromatic heterocycles. The molecule has 0 unspecified atom stereocenters. The predicted molar refractivity (Wildman–Crippen MR) is 87.5 cm³/mol. The van der Waals surface area contributed by atoms with E-state index in [9.17, 15) is 9.59 Å². The standard InChI is InChI=1S/C19H17NO2/c1-11-8-12(2)18(13(3)9-11)20-16-10-17(21)14-6-4-5-7-15(14)19(16)22/h4-10,20H,1-3H3. The Balaban J connectivity index is 2.01. The minimum absolute atomic E-state index is 0.139. The van der Waals surface area contributed by atoms with Crippen LogP contribution in [0.2, 0.25) is 0 Å². The van der Waals surface area contributed by atoms with Crippen molar-refractivity contribution >= 4 is 17.3 Å². The van der Waals surface area contributed by atoms with Gasteiger partial charge in [-0.3, -0.25) is 9.59 Å². The van der Waals surface area contributed by atoms with Gasteiger partial charge in [0.2, 0.25) is 5.78 Å². The number of hydrogen-bond acceptors (Lipinski definition) is 3. The van der Waals surface area contributed by atoms with Gasteiger partial charge in [0.25, 0.3) is 0 Å². The molecule has 0 amide bonds. The summed E-state index contributed by atoms with van der Waals surface area (Å²) in [4.78, 5) is 24.8. The van der Waals surface area contributed by atoms with E-state index < -0.39 is 0 Å². The lowest BCUT2D eigenvalue weighted by Gasteiger charge is -2.19. The minimum Gasteiger partial charge on any atom is -0.352 e. The Morgan fingerprint density at radius 3 is 2.09 bits per heavy atom. The average Bonchev–Trinajstić information content (AvgIpc) is 2.47. The maximum absolute atomic E-state index is 12.6. The highest BCUT2D eigenvalue weighted by molar-refractivity contribution is 6.25. The van der Waals surface area contributed by atoms with Gasteiger partial charge in [0, 0.05) is 22.9 Å². The maximum atomic E-state index is 12.6. The lowest BCUT2D eigenvalue weighted by Crippen LogP contribution is -2.22. The molecular weight excluding hydrogens is 274 g/mol. The van der Waals surface area contributed by atoms with Gasteiger partial charge in [-0.1, -0.05) is 42.0 Å². The molecule has 3 heteroatoms. The molecule has 0 atom stereocenters. The third kappa shape index (κ3) is 2.35. The highest BCUT2D eigenvalue weighted by Crippen LogP contribution is 2.27. The number of carbonyl (C=O) groups excluding carboxylic acids is 2. The first kappa shape index (κ1) is 14.3. The summed E-state index contributed by atoms with van der Waals surface area (Å²) in [6.07, 6.45) is 1.39. The van der Waals surface area contributed by atoms with Crippen LogP contribution >= 0.6 is 0 Å².